The van der Waals surface area contributed by atoms with Crippen molar-refractivity contribution in [1.82, 2.24) is 14.3 Å². The van der Waals surface area contributed by atoms with Gasteiger partial charge in [-0.2, -0.15) is 0 Å². The van der Waals surface area contributed by atoms with E-state index in [1.807, 2.05) is 49.1 Å². The van der Waals surface area contributed by atoms with E-state index >= 15 is 0 Å². The van der Waals surface area contributed by atoms with Gasteiger partial charge in [0.05, 0.1) is 10.9 Å². The number of rotatable bonds is 5. The van der Waals surface area contributed by atoms with E-state index in [1.54, 1.807) is 16.7 Å². The summed E-state index contributed by atoms with van der Waals surface area (Å²) < 4.78 is 1.56. The summed E-state index contributed by atoms with van der Waals surface area (Å²) in [5.74, 6) is 0.692. The summed E-state index contributed by atoms with van der Waals surface area (Å²) in [6, 6.07) is 15.7. The molecule has 7 heteroatoms. The zero-order valence-electron chi connectivity index (χ0n) is 17.3. The molecule has 1 amide bonds. The number of hydrogen-bond donors (Lipinski definition) is 0. The maximum Gasteiger partial charge on any atom is 0.258 e. The minimum Gasteiger partial charge on any atom is -0.368 e. The van der Waals surface area contributed by atoms with Crippen molar-refractivity contribution in [1.29, 1.82) is 0 Å². The third-order valence-electron chi connectivity index (χ3n) is 5.40. The highest BCUT2D eigenvalue weighted by molar-refractivity contribution is 7.99. The zero-order valence-corrected chi connectivity index (χ0v) is 18.1. The lowest BCUT2D eigenvalue weighted by Crippen LogP contribution is -2.50. The highest BCUT2D eigenvalue weighted by Gasteiger charge is 2.25. The van der Waals surface area contributed by atoms with Crippen LogP contribution in [0.2, 0.25) is 0 Å². The Morgan fingerprint density at radius 2 is 1.83 bits per heavy atom. The number of benzene rings is 1. The van der Waals surface area contributed by atoms with Crippen molar-refractivity contribution in [3.63, 3.8) is 0 Å². The Morgan fingerprint density at radius 1 is 1.10 bits per heavy atom. The molecule has 0 unspecified atom stereocenters. The lowest BCUT2D eigenvalue weighted by Gasteiger charge is -2.37. The number of carbonyl (C=O) groups is 1. The maximum atomic E-state index is 12.9. The van der Waals surface area contributed by atoms with E-state index in [0.29, 0.717) is 17.1 Å². The van der Waals surface area contributed by atoms with Gasteiger partial charge in [-0.15, -0.1) is 11.8 Å². The molecule has 1 aliphatic heterocycles. The van der Waals surface area contributed by atoms with Crippen LogP contribution >= 0.6 is 11.8 Å². The van der Waals surface area contributed by atoms with Gasteiger partial charge in [0.15, 0.2) is 0 Å². The van der Waals surface area contributed by atoms with Crippen molar-refractivity contribution < 1.29 is 4.79 Å². The van der Waals surface area contributed by atoms with E-state index in [2.05, 4.69) is 22.0 Å². The Labute approximate surface area is 180 Å². The first-order valence-electron chi connectivity index (χ1n) is 10.2. The number of carbonyl (C=O) groups excluding carboxylic acids is 1. The highest BCUT2D eigenvalue weighted by Crippen LogP contribution is 2.21. The fourth-order valence-corrected chi connectivity index (χ4v) is 4.56. The highest BCUT2D eigenvalue weighted by atomic mass is 32.2. The molecule has 3 aromatic rings. The molecule has 0 N–H and O–H groups in total. The molecular weight excluding hydrogens is 396 g/mol. The lowest BCUT2D eigenvalue weighted by molar-refractivity contribution is -0.130. The predicted molar refractivity (Wildman–Crippen MR) is 122 cm³/mol. The minimum atomic E-state index is -0.174. The minimum absolute atomic E-state index is 0.0877. The smallest absolute Gasteiger partial charge is 0.258 e. The molecule has 0 radical (unpaired) electrons. The summed E-state index contributed by atoms with van der Waals surface area (Å²) in [4.78, 5) is 34.1. The fourth-order valence-electron chi connectivity index (χ4n) is 3.69. The Kier molecular flexibility index (Phi) is 6.08. The van der Waals surface area contributed by atoms with Crippen LogP contribution in [0, 0.1) is 6.92 Å². The fraction of sp³-hybridized carbons (Fsp3) is 0.348. The largest absolute Gasteiger partial charge is 0.368 e. The quantitative estimate of drug-likeness (QED) is 0.633. The number of fused-ring (bicyclic) bond motifs is 1. The van der Waals surface area contributed by atoms with Crippen molar-refractivity contribution in [2.45, 2.75) is 24.9 Å². The van der Waals surface area contributed by atoms with E-state index in [1.165, 1.54) is 17.4 Å². The van der Waals surface area contributed by atoms with Crippen LogP contribution < -0.4 is 10.5 Å². The Bertz CT molecular complexity index is 1090. The van der Waals surface area contributed by atoms with Crippen LogP contribution in [0.4, 0.5) is 5.69 Å². The van der Waals surface area contributed by atoms with E-state index in [0.717, 1.165) is 31.7 Å². The maximum absolute atomic E-state index is 12.9. The van der Waals surface area contributed by atoms with Gasteiger partial charge in [-0.05, 0) is 37.6 Å². The van der Waals surface area contributed by atoms with Crippen LogP contribution in [0.3, 0.4) is 0 Å². The number of anilines is 1. The number of hydrogen-bond acceptors (Lipinski definition) is 5. The van der Waals surface area contributed by atoms with E-state index in [4.69, 9.17) is 0 Å². The van der Waals surface area contributed by atoms with Crippen molar-refractivity contribution in [3.8, 4) is 0 Å². The second kappa shape index (κ2) is 8.92. The second-order valence-electron chi connectivity index (χ2n) is 7.62. The molecule has 0 saturated carbocycles. The number of piperazine rings is 1. The van der Waals surface area contributed by atoms with Crippen LogP contribution in [-0.4, -0.2) is 51.6 Å². The summed E-state index contributed by atoms with van der Waals surface area (Å²) in [6.07, 6.45) is 1.79. The number of pyridine rings is 1. The van der Waals surface area contributed by atoms with Crippen LogP contribution in [0.25, 0.3) is 5.65 Å². The van der Waals surface area contributed by atoms with Gasteiger partial charge in [0, 0.05) is 49.9 Å². The molecule has 1 atom stereocenters. The number of thioether (sulfide) groups is 1. The molecule has 1 aromatic carbocycles. The summed E-state index contributed by atoms with van der Waals surface area (Å²) in [7, 11) is 0. The molecular formula is C23H26N4O2S. The molecule has 1 aliphatic rings. The molecule has 0 spiro atoms. The topological polar surface area (TPSA) is 57.9 Å². The van der Waals surface area contributed by atoms with Gasteiger partial charge in [0.1, 0.15) is 5.65 Å². The monoisotopic (exact) mass is 422 g/mol. The van der Waals surface area contributed by atoms with E-state index in [-0.39, 0.29) is 16.7 Å². The number of para-hydroxylation sites is 1. The Balaban J connectivity index is 1.34. The van der Waals surface area contributed by atoms with Crippen molar-refractivity contribution in [3.05, 3.63) is 76.3 Å². The Morgan fingerprint density at radius 3 is 2.57 bits per heavy atom. The first kappa shape index (κ1) is 20.5. The first-order valence-corrected chi connectivity index (χ1v) is 11.3. The second-order valence-corrected chi connectivity index (χ2v) is 8.95. The van der Waals surface area contributed by atoms with Gasteiger partial charge in [-0.3, -0.25) is 14.0 Å². The number of aryl methyl sites for hydroxylation is 1. The molecule has 156 valence electrons. The number of aromatic nitrogens is 2. The molecule has 1 saturated heterocycles. The van der Waals surface area contributed by atoms with Gasteiger partial charge in [0.25, 0.3) is 5.56 Å². The van der Waals surface area contributed by atoms with Gasteiger partial charge in [-0.1, -0.05) is 24.3 Å². The van der Waals surface area contributed by atoms with E-state index in [9.17, 15) is 9.59 Å². The van der Waals surface area contributed by atoms with Crippen LogP contribution in [0.15, 0.2) is 59.5 Å². The molecule has 30 heavy (non-hydrogen) atoms. The van der Waals surface area contributed by atoms with Crippen LogP contribution in [0.5, 0.6) is 0 Å². The third kappa shape index (κ3) is 4.51. The van der Waals surface area contributed by atoms with Crippen LogP contribution in [0.1, 0.15) is 18.2 Å². The van der Waals surface area contributed by atoms with E-state index < -0.39 is 0 Å². The standard InChI is InChI=1S/C23H26N4O2S/c1-17-8-9-21-24-19(14-22(28)27(21)15-17)16-30-18(2)23(29)26-12-10-25(11-13-26)20-6-4-3-5-7-20/h3-9,14-15,18H,10-13,16H2,1-2H3/t18-/m1/s1. The molecule has 3 heterocycles. The van der Waals surface area contributed by atoms with Crippen molar-refractivity contribution in [2.75, 3.05) is 31.1 Å². The molecule has 4 rings (SSSR count). The van der Waals surface area contributed by atoms with Crippen LogP contribution in [-0.2, 0) is 10.5 Å². The number of amides is 1. The van der Waals surface area contributed by atoms with Gasteiger partial charge < -0.3 is 9.80 Å². The summed E-state index contributed by atoms with van der Waals surface area (Å²) in [6.45, 7) is 7.03. The third-order valence-corrected chi connectivity index (χ3v) is 6.57. The molecule has 6 nitrogen and oxygen atoms in total. The SMILES string of the molecule is Cc1ccc2nc(CS[C@H](C)C(=O)N3CCN(c4ccccc4)CC3)cc(=O)n2c1. The predicted octanol–water partition coefficient (Wildman–Crippen LogP) is 2.97. The molecule has 2 aromatic heterocycles. The number of nitrogens with zero attached hydrogens (tertiary/aromatic N) is 4. The zero-order chi connectivity index (χ0) is 21.1. The first-order chi connectivity index (χ1) is 14.5. The van der Waals surface area contributed by atoms with Gasteiger partial charge >= 0.3 is 0 Å². The average molecular weight is 423 g/mol. The normalized spacial score (nSPS) is 15.4. The summed E-state index contributed by atoms with van der Waals surface area (Å²) >= 11 is 1.53. The summed E-state index contributed by atoms with van der Waals surface area (Å²) in [5.41, 5.74) is 3.48. The summed E-state index contributed by atoms with van der Waals surface area (Å²) in [5, 5.41) is -0.174. The average Bonchev–Trinajstić information content (AvgIpc) is 2.78. The van der Waals surface area contributed by atoms with Crippen molar-refractivity contribution in [2.24, 2.45) is 0 Å². The van der Waals surface area contributed by atoms with Gasteiger partial charge in [-0.25, -0.2) is 4.98 Å². The molecule has 1 fully saturated rings. The molecule has 0 bridgehead atoms. The molecule has 0 aliphatic carbocycles. The lowest BCUT2D eigenvalue weighted by atomic mass is 10.2. The Hall–Kier alpha value is -2.80. The van der Waals surface area contributed by atoms with Crippen molar-refractivity contribution >= 4 is 29.0 Å². The van der Waals surface area contributed by atoms with Gasteiger partial charge in [0.2, 0.25) is 5.91 Å².